The van der Waals surface area contributed by atoms with E-state index in [0.717, 1.165) is 12.8 Å². The molecule has 0 aromatic heterocycles. The molecular weight excluding hydrogens is 226 g/mol. The molecule has 1 aromatic carbocycles. The summed E-state index contributed by atoms with van der Waals surface area (Å²) < 4.78 is 18.5. The first-order chi connectivity index (χ1) is 6.65. The zero-order valence-electron chi connectivity index (χ0n) is 7.82. The average Bonchev–Trinajstić information content (AvgIpc) is 2.13. The van der Waals surface area contributed by atoms with Gasteiger partial charge in [-0.15, -0.1) is 0 Å². The van der Waals surface area contributed by atoms with E-state index >= 15 is 0 Å². The first-order valence-corrected chi connectivity index (χ1v) is 5.18. The molecule has 1 aromatic rings. The topological polar surface area (TPSA) is 9.23 Å². The third-order valence-electron chi connectivity index (χ3n) is 1.72. The van der Waals surface area contributed by atoms with Crippen molar-refractivity contribution in [1.82, 2.24) is 0 Å². The molecular formula is C10H11Cl2FO. The molecule has 1 rings (SSSR count). The highest BCUT2D eigenvalue weighted by molar-refractivity contribution is 6.34. The number of hydrogen-bond acceptors (Lipinski definition) is 1. The minimum absolute atomic E-state index is 0.0102. The van der Waals surface area contributed by atoms with Gasteiger partial charge in [-0.3, -0.25) is 0 Å². The fraction of sp³-hybridized carbons (Fsp3) is 0.400. The lowest BCUT2D eigenvalue weighted by Gasteiger charge is -2.07. The van der Waals surface area contributed by atoms with E-state index in [1.165, 1.54) is 12.1 Å². The molecule has 0 amide bonds. The first-order valence-electron chi connectivity index (χ1n) is 4.42. The summed E-state index contributed by atoms with van der Waals surface area (Å²) in [6, 6.07) is 2.78. The second kappa shape index (κ2) is 5.42. The summed E-state index contributed by atoms with van der Waals surface area (Å²) in [6.07, 6.45) is 1.87. The molecule has 0 saturated carbocycles. The van der Waals surface area contributed by atoms with Crippen molar-refractivity contribution in [3.05, 3.63) is 28.0 Å². The van der Waals surface area contributed by atoms with Gasteiger partial charge in [-0.25, -0.2) is 4.39 Å². The number of benzene rings is 1. The van der Waals surface area contributed by atoms with Crippen molar-refractivity contribution < 1.29 is 9.13 Å². The SMILES string of the molecule is CCCCOc1cc(Cl)cc(Cl)c1F. The van der Waals surface area contributed by atoms with Crippen molar-refractivity contribution in [2.45, 2.75) is 19.8 Å². The normalized spacial score (nSPS) is 10.3. The van der Waals surface area contributed by atoms with Crippen molar-refractivity contribution in [2.24, 2.45) is 0 Å². The number of unbranched alkanes of at least 4 members (excludes halogenated alkanes) is 1. The molecule has 0 bridgehead atoms. The van der Waals surface area contributed by atoms with E-state index < -0.39 is 5.82 Å². The van der Waals surface area contributed by atoms with Crippen LogP contribution in [0.2, 0.25) is 10.0 Å². The Bertz CT molecular complexity index is 315. The van der Waals surface area contributed by atoms with Crippen LogP contribution in [0, 0.1) is 5.82 Å². The zero-order valence-corrected chi connectivity index (χ0v) is 9.33. The summed E-state index contributed by atoms with van der Waals surface area (Å²) in [4.78, 5) is 0. The second-order valence-corrected chi connectivity index (χ2v) is 3.75. The maximum atomic E-state index is 13.3. The van der Waals surface area contributed by atoms with Gasteiger partial charge in [-0.2, -0.15) is 0 Å². The van der Waals surface area contributed by atoms with E-state index in [1.807, 2.05) is 6.92 Å². The molecule has 0 atom stereocenters. The van der Waals surface area contributed by atoms with Gasteiger partial charge in [-0.1, -0.05) is 36.5 Å². The Morgan fingerprint density at radius 3 is 2.71 bits per heavy atom. The van der Waals surface area contributed by atoms with Gasteiger partial charge in [0, 0.05) is 11.1 Å². The van der Waals surface area contributed by atoms with Gasteiger partial charge in [0.05, 0.1) is 11.6 Å². The van der Waals surface area contributed by atoms with E-state index in [2.05, 4.69) is 0 Å². The van der Waals surface area contributed by atoms with Gasteiger partial charge in [0.15, 0.2) is 11.6 Å². The van der Waals surface area contributed by atoms with Gasteiger partial charge in [0.25, 0.3) is 0 Å². The maximum absolute atomic E-state index is 13.3. The smallest absolute Gasteiger partial charge is 0.183 e. The van der Waals surface area contributed by atoms with Crippen LogP contribution in [0.4, 0.5) is 4.39 Å². The van der Waals surface area contributed by atoms with Crippen LogP contribution in [0.5, 0.6) is 5.75 Å². The van der Waals surface area contributed by atoms with E-state index in [1.54, 1.807) is 0 Å². The van der Waals surface area contributed by atoms with Crippen molar-refractivity contribution in [2.75, 3.05) is 6.61 Å². The molecule has 1 nitrogen and oxygen atoms in total. The van der Waals surface area contributed by atoms with Crippen LogP contribution in [-0.2, 0) is 0 Å². The Kier molecular flexibility index (Phi) is 4.49. The first kappa shape index (κ1) is 11.6. The third-order valence-corrected chi connectivity index (χ3v) is 2.21. The Labute approximate surface area is 92.8 Å². The molecule has 0 unspecified atom stereocenters. The van der Waals surface area contributed by atoms with Crippen LogP contribution in [0.1, 0.15) is 19.8 Å². The van der Waals surface area contributed by atoms with Crippen LogP contribution >= 0.6 is 23.2 Å². The van der Waals surface area contributed by atoms with Crippen LogP contribution < -0.4 is 4.74 Å². The van der Waals surface area contributed by atoms with E-state index in [-0.39, 0.29) is 10.8 Å². The Balaban J connectivity index is 2.75. The molecule has 0 aliphatic rings. The van der Waals surface area contributed by atoms with E-state index in [9.17, 15) is 4.39 Å². The zero-order chi connectivity index (χ0) is 10.6. The highest BCUT2D eigenvalue weighted by Gasteiger charge is 2.09. The lowest BCUT2D eigenvalue weighted by molar-refractivity contribution is 0.294. The molecule has 0 radical (unpaired) electrons. The molecule has 0 aliphatic heterocycles. The van der Waals surface area contributed by atoms with Crippen LogP contribution in [-0.4, -0.2) is 6.61 Å². The molecule has 0 N–H and O–H groups in total. The van der Waals surface area contributed by atoms with Crippen LogP contribution in [0.25, 0.3) is 0 Å². The lowest BCUT2D eigenvalue weighted by Crippen LogP contribution is -1.98. The molecule has 14 heavy (non-hydrogen) atoms. The second-order valence-electron chi connectivity index (χ2n) is 2.90. The molecule has 0 aliphatic carbocycles. The monoisotopic (exact) mass is 236 g/mol. The summed E-state index contributed by atoms with van der Waals surface area (Å²) in [5.41, 5.74) is 0. The van der Waals surface area contributed by atoms with Crippen molar-refractivity contribution in [3.63, 3.8) is 0 Å². The average molecular weight is 237 g/mol. The number of halogens is 3. The summed E-state index contributed by atoms with van der Waals surface area (Å²) in [5.74, 6) is -0.428. The molecule has 0 heterocycles. The lowest BCUT2D eigenvalue weighted by atomic mass is 10.3. The highest BCUT2D eigenvalue weighted by Crippen LogP contribution is 2.29. The summed E-state index contributed by atoms with van der Waals surface area (Å²) >= 11 is 11.3. The van der Waals surface area contributed by atoms with Gasteiger partial charge in [-0.05, 0) is 12.5 Å². The number of ether oxygens (including phenoxy) is 1. The maximum Gasteiger partial charge on any atom is 0.183 e. The Hall–Kier alpha value is -0.470. The predicted octanol–water partition coefficient (Wildman–Crippen LogP) is 4.31. The largest absolute Gasteiger partial charge is 0.490 e. The minimum atomic E-state index is -0.549. The number of hydrogen-bond donors (Lipinski definition) is 0. The van der Waals surface area contributed by atoms with Crippen LogP contribution in [0.15, 0.2) is 12.1 Å². The fourth-order valence-corrected chi connectivity index (χ4v) is 1.44. The molecule has 0 spiro atoms. The Morgan fingerprint density at radius 2 is 2.07 bits per heavy atom. The third kappa shape index (κ3) is 3.03. The van der Waals surface area contributed by atoms with Gasteiger partial charge in [0.1, 0.15) is 0 Å². The minimum Gasteiger partial charge on any atom is -0.490 e. The fourth-order valence-electron chi connectivity index (χ4n) is 0.964. The van der Waals surface area contributed by atoms with Crippen molar-refractivity contribution >= 4 is 23.2 Å². The van der Waals surface area contributed by atoms with Gasteiger partial charge < -0.3 is 4.74 Å². The molecule has 4 heteroatoms. The van der Waals surface area contributed by atoms with Crippen LogP contribution in [0.3, 0.4) is 0 Å². The quantitative estimate of drug-likeness (QED) is 0.560. The molecule has 0 saturated heterocycles. The summed E-state index contributed by atoms with van der Waals surface area (Å²) in [6.45, 7) is 2.51. The van der Waals surface area contributed by atoms with Gasteiger partial charge in [0.2, 0.25) is 0 Å². The standard InChI is InChI=1S/C10H11Cl2FO/c1-2-3-4-14-9-6-7(11)5-8(12)10(9)13/h5-6H,2-4H2,1H3. The molecule has 0 fully saturated rings. The highest BCUT2D eigenvalue weighted by atomic mass is 35.5. The predicted molar refractivity (Wildman–Crippen MR) is 56.8 cm³/mol. The van der Waals surface area contributed by atoms with E-state index in [0.29, 0.717) is 11.6 Å². The molecule has 78 valence electrons. The van der Waals surface area contributed by atoms with Crippen molar-refractivity contribution in [1.29, 1.82) is 0 Å². The Morgan fingerprint density at radius 1 is 1.36 bits per heavy atom. The number of rotatable bonds is 4. The summed E-state index contributed by atoms with van der Waals surface area (Å²) in [5, 5.41) is 0.367. The van der Waals surface area contributed by atoms with Gasteiger partial charge >= 0.3 is 0 Å². The van der Waals surface area contributed by atoms with E-state index in [4.69, 9.17) is 27.9 Å². The van der Waals surface area contributed by atoms with Crippen molar-refractivity contribution in [3.8, 4) is 5.75 Å². The summed E-state index contributed by atoms with van der Waals surface area (Å²) in [7, 11) is 0.